The highest BCUT2D eigenvalue weighted by Gasteiger charge is 2.37. The van der Waals surface area contributed by atoms with E-state index >= 15 is 0 Å². The number of halogens is 2. The molecule has 6 nitrogen and oxygen atoms in total. The molecule has 160 valence electrons. The second-order valence-electron chi connectivity index (χ2n) is 7.70. The molecule has 2 aromatic carbocycles. The van der Waals surface area contributed by atoms with Crippen LogP contribution in [0.3, 0.4) is 0 Å². The fourth-order valence-corrected chi connectivity index (χ4v) is 6.24. The highest BCUT2D eigenvalue weighted by Crippen LogP contribution is 2.35. The van der Waals surface area contributed by atoms with Crippen LogP contribution in [0.5, 0.6) is 0 Å². The van der Waals surface area contributed by atoms with Crippen LogP contribution in [0.1, 0.15) is 29.5 Å². The van der Waals surface area contributed by atoms with Crippen LogP contribution in [-0.4, -0.2) is 37.9 Å². The zero-order valence-electron chi connectivity index (χ0n) is 16.7. The zero-order chi connectivity index (χ0) is 21.6. The van der Waals surface area contributed by atoms with Gasteiger partial charge >= 0.3 is 6.09 Å². The maximum Gasteiger partial charge on any atom is 0.414 e. The SMILES string of the molecule is Cc1cc(S(=O)(=O)N2CCC(N3C(=O)OCc4cc(Cl)ccc43)CC2)c(C)cc1Cl. The number of piperidine rings is 1. The summed E-state index contributed by atoms with van der Waals surface area (Å²) in [5, 5.41) is 1.13. The number of hydrogen-bond donors (Lipinski definition) is 0. The topological polar surface area (TPSA) is 66.9 Å². The summed E-state index contributed by atoms with van der Waals surface area (Å²) in [6, 6.07) is 8.53. The second-order valence-corrected chi connectivity index (χ2v) is 10.4. The van der Waals surface area contributed by atoms with Crippen molar-refractivity contribution in [2.45, 2.75) is 44.2 Å². The van der Waals surface area contributed by atoms with Crippen LogP contribution in [0, 0.1) is 13.8 Å². The first-order valence-corrected chi connectivity index (χ1v) is 11.9. The Morgan fingerprint density at radius 1 is 1.03 bits per heavy atom. The number of anilines is 1. The number of hydrogen-bond acceptors (Lipinski definition) is 4. The van der Waals surface area contributed by atoms with Gasteiger partial charge in [0.05, 0.1) is 10.6 Å². The maximum atomic E-state index is 13.2. The lowest BCUT2D eigenvalue weighted by molar-refractivity contribution is 0.136. The molecule has 0 unspecified atom stereocenters. The van der Waals surface area contributed by atoms with Crippen LogP contribution in [0.25, 0.3) is 0 Å². The summed E-state index contributed by atoms with van der Waals surface area (Å²) in [5.74, 6) is 0. The Balaban J connectivity index is 1.55. The third-order valence-corrected chi connectivity index (χ3v) is 8.39. The molecule has 2 aliphatic rings. The zero-order valence-corrected chi connectivity index (χ0v) is 19.0. The number of nitrogens with zero attached hydrogens (tertiary/aromatic N) is 2. The van der Waals surface area contributed by atoms with E-state index in [0.29, 0.717) is 41.5 Å². The van der Waals surface area contributed by atoms with Gasteiger partial charge in [-0.3, -0.25) is 4.90 Å². The van der Waals surface area contributed by atoms with Gasteiger partial charge in [0.15, 0.2) is 0 Å². The van der Waals surface area contributed by atoms with E-state index in [1.165, 1.54) is 4.31 Å². The average molecular weight is 469 g/mol. The predicted octanol–water partition coefficient (Wildman–Crippen LogP) is 4.92. The van der Waals surface area contributed by atoms with E-state index in [4.69, 9.17) is 27.9 Å². The quantitative estimate of drug-likeness (QED) is 0.640. The van der Waals surface area contributed by atoms with Crippen molar-refractivity contribution in [1.82, 2.24) is 4.31 Å². The molecule has 0 aliphatic carbocycles. The molecule has 4 rings (SSSR count). The molecule has 2 heterocycles. The van der Waals surface area contributed by atoms with E-state index in [2.05, 4.69) is 0 Å². The van der Waals surface area contributed by atoms with Crippen molar-refractivity contribution in [3.05, 3.63) is 57.1 Å². The van der Waals surface area contributed by atoms with Crippen LogP contribution >= 0.6 is 23.2 Å². The van der Waals surface area contributed by atoms with E-state index in [1.54, 1.807) is 43.0 Å². The molecule has 0 spiro atoms. The van der Waals surface area contributed by atoms with Crippen molar-refractivity contribution in [1.29, 1.82) is 0 Å². The minimum atomic E-state index is -3.64. The first-order chi connectivity index (χ1) is 14.2. The molecule has 1 fully saturated rings. The van der Waals surface area contributed by atoms with Gasteiger partial charge in [-0.25, -0.2) is 13.2 Å². The molecule has 0 bridgehead atoms. The Labute approximate surface area is 186 Å². The fourth-order valence-electron chi connectivity index (χ4n) is 4.07. The molecule has 0 radical (unpaired) electrons. The molecule has 2 aromatic rings. The van der Waals surface area contributed by atoms with Gasteiger partial charge in [0, 0.05) is 34.7 Å². The number of fused-ring (bicyclic) bond motifs is 1. The molecule has 1 amide bonds. The van der Waals surface area contributed by atoms with Gasteiger partial charge < -0.3 is 4.74 Å². The third-order valence-electron chi connectivity index (χ3n) is 5.71. The van der Waals surface area contributed by atoms with Crippen molar-refractivity contribution in [2.75, 3.05) is 18.0 Å². The Bertz CT molecular complexity index is 1110. The summed E-state index contributed by atoms with van der Waals surface area (Å²) in [6.45, 7) is 4.37. The lowest BCUT2D eigenvalue weighted by Crippen LogP contribution is -2.50. The van der Waals surface area contributed by atoms with E-state index in [0.717, 1.165) is 16.8 Å². The molecule has 1 saturated heterocycles. The van der Waals surface area contributed by atoms with Crippen LogP contribution < -0.4 is 4.90 Å². The van der Waals surface area contributed by atoms with E-state index in [-0.39, 0.29) is 17.5 Å². The van der Waals surface area contributed by atoms with Gasteiger partial charge in [0.2, 0.25) is 10.0 Å². The second kappa shape index (κ2) is 8.04. The summed E-state index contributed by atoms with van der Waals surface area (Å²) in [5.41, 5.74) is 2.98. The van der Waals surface area contributed by atoms with Crippen LogP contribution in [-0.2, 0) is 21.4 Å². The van der Waals surface area contributed by atoms with Crippen molar-refractivity contribution in [3.63, 3.8) is 0 Å². The number of aryl methyl sites for hydroxylation is 2. The number of sulfonamides is 1. The summed E-state index contributed by atoms with van der Waals surface area (Å²) < 4.78 is 33.2. The van der Waals surface area contributed by atoms with E-state index < -0.39 is 16.1 Å². The number of benzene rings is 2. The molecule has 0 aromatic heterocycles. The van der Waals surface area contributed by atoms with Crippen molar-refractivity contribution in [2.24, 2.45) is 0 Å². The molecular weight excluding hydrogens is 447 g/mol. The van der Waals surface area contributed by atoms with Crippen LogP contribution in [0.2, 0.25) is 10.0 Å². The number of ether oxygens (including phenoxy) is 1. The highest BCUT2D eigenvalue weighted by atomic mass is 35.5. The number of carbonyl (C=O) groups excluding carboxylic acids is 1. The van der Waals surface area contributed by atoms with E-state index in [1.807, 2.05) is 6.07 Å². The monoisotopic (exact) mass is 468 g/mol. The molecule has 2 aliphatic heterocycles. The smallest absolute Gasteiger partial charge is 0.414 e. The predicted molar refractivity (Wildman–Crippen MR) is 117 cm³/mol. The minimum absolute atomic E-state index is 0.141. The summed E-state index contributed by atoms with van der Waals surface area (Å²) in [7, 11) is -3.64. The maximum absolute atomic E-state index is 13.2. The summed E-state index contributed by atoms with van der Waals surface area (Å²) >= 11 is 12.2. The van der Waals surface area contributed by atoms with Gasteiger partial charge in [-0.05, 0) is 68.1 Å². The highest BCUT2D eigenvalue weighted by molar-refractivity contribution is 7.89. The first kappa shape index (κ1) is 21.4. The van der Waals surface area contributed by atoms with E-state index in [9.17, 15) is 13.2 Å². The molecule has 0 atom stereocenters. The number of cyclic esters (lactones) is 1. The lowest BCUT2D eigenvalue weighted by Gasteiger charge is -2.39. The van der Waals surface area contributed by atoms with Crippen molar-refractivity contribution in [3.8, 4) is 0 Å². The average Bonchev–Trinajstić information content (AvgIpc) is 2.71. The minimum Gasteiger partial charge on any atom is -0.444 e. The molecule has 0 N–H and O–H groups in total. The summed E-state index contributed by atoms with van der Waals surface area (Å²) in [6.07, 6.45) is 0.625. The Kier molecular flexibility index (Phi) is 5.74. The number of rotatable bonds is 3. The van der Waals surface area contributed by atoms with Gasteiger partial charge in [-0.2, -0.15) is 4.31 Å². The fraction of sp³-hybridized carbons (Fsp3) is 0.381. The first-order valence-electron chi connectivity index (χ1n) is 9.70. The van der Waals surface area contributed by atoms with Gasteiger partial charge in [0.1, 0.15) is 6.61 Å². The largest absolute Gasteiger partial charge is 0.444 e. The van der Waals surface area contributed by atoms with Crippen molar-refractivity contribution >= 4 is 45.0 Å². The van der Waals surface area contributed by atoms with Crippen LogP contribution in [0.15, 0.2) is 35.2 Å². The molecule has 30 heavy (non-hydrogen) atoms. The Hall–Kier alpha value is -1.80. The lowest BCUT2D eigenvalue weighted by atomic mass is 10.0. The third kappa shape index (κ3) is 3.80. The number of carbonyl (C=O) groups is 1. The normalized spacial score (nSPS) is 18.3. The van der Waals surface area contributed by atoms with Gasteiger partial charge in [0.25, 0.3) is 0 Å². The Morgan fingerprint density at radius 3 is 2.43 bits per heavy atom. The Morgan fingerprint density at radius 2 is 1.73 bits per heavy atom. The standard InChI is InChI=1S/C21H22Cl2N2O4S/c1-13-10-20(14(2)9-18(13)23)30(27,28)24-7-5-17(6-8-24)25-19-4-3-16(22)11-15(19)12-29-21(25)26/h3-4,9-11,17H,5-8,12H2,1-2H3. The molecular formula is C21H22Cl2N2O4S. The molecule has 0 saturated carbocycles. The molecule has 9 heteroatoms. The summed E-state index contributed by atoms with van der Waals surface area (Å²) in [4.78, 5) is 14.4. The van der Waals surface area contributed by atoms with Gasteiger partial charge in [-0.1, -0.05) is 23.2 Å². The van der Waals surface area contributed by atoms with Crippen molar-refractivity contribution < 1.29 is 17.9 Å². The van der Waals surface area contributed by atoms with Crippen LogP contribution in [0.4, 0.5) is 10.5 Å². The number of amides is 1. The van der Waals surface area contributed by atoms with Gasteiger partial charge in [-0.15, -0.1) is 0 Å².